The number of piperazine rings is 1. The highest BCUT2D eigenvalue weighted by Crippen LogP contribution is 2.25. The van der Waals surface area contributed by atoms with Crippen molar-refractivity contribution in [2.75, 3.05) is 38.5 Å². The number of amides is 1. The summed E-state index contributed by atoms with van der Waals surface area (Å²) in [4.78, 5) is 15.1. The van der Waals surface area contributed by atoms with Gasteiger partial charge in [-0.15, -0.1) is 0 Å². The average Bonchev–Trinajstić information content (AvgIpc) is 2.40. The molecule has 1 aromatic rings. The quantitative estimate of drug-likeness (QED) is 0.850. The lowest BCUT2D eigenvalue weighted by Gasteiger charge is -2.35. The Labute approximate surface area is 125 Å². The number of halogens is 4. The molecule has 1 aromatic carbocycles. The van der Waals surface area contributed by atoms with Gasteiger partial charge in [-0.2, -0.15) is 13.2 Å². The lowest BCUT2D eigenvalue weighted by Crippen LogP contribution is -2.51. The number of nitrogens with zero attached hydrogens (tertiary/aromatic N) is 2. The number of carbonyl (C=O) groups is 1. The van der Waals surface area contributed by atoms with Crippen molar-refractivity contribution in [3.8, 4) is 0 Å². The van der Waals surface area contributed by atoms with Gasteiger partial charge in [0.15, 0.2) is 0 Å². The topological polar surface area (TPSA) is 49.6 Å². The van der Waals surface area contributed by atoms with E-state index in [-0.39, 0.29) is 42.7 Å². The molecule has 0 atom stereocenters. The van der Waals surface area contributed by atoms with Crippen molar-refractivity contribution in [3.05, 3.63) is 28.8 Å². The molecule has 1 amide bonds. The Bertz CT molecular complexity index is 528. The molecule has 1 aliphatic heterocycles. The zero-order valence-electron chi connectivity index (χ0n) is 11.2. The largest absolute Gasteiger partial charge is 0.401 e. The Morgan fingerprint density at radius 1 is 1.24 bits per heavy atom. The van der Waals surface area contributed by atoms with Crippen molar-refractivity contribution < 1.29 is 18.0 Å². The maximum absolute atomic E-state index is 12.3. The summed E-state index contributed by atoms with van der Waals surface area (Å²) in [6, 6.07) is 4.76. The summed E-state index contributed by atoms with van der Waals surface area (Å²) in [6.45, 7) is -0.107. The second kappa shape index (κ2) is 6.11. The standard InChI is InChI=1S/C13H15ClF3N3O/c14-11-9(2-1-3-10(11)18)12(21)20-6-4-19(5-7-20)8-13(15,16)17/h1-3H,4-8,18H2. The van der Waals surface area contributed by atoms with E-state index in [0.29, 0.717) is 5.69 Å². The highest BCUT2D eigenvalue weighted by Gasteiger charge is 2.33. The highest BCUT2D eigenvalue weighted by atomic mass is 35.5. The fraction of sp³-hybridized carbons (Fsp3) is 0.462. The highest BCUT2D eigenvalue weighted by molar-refractivity contribution is 6.36. The molecule has 0 spiro atoms. The first-order valence-corrected chi connectivity index (χ1v) is 6.78. The van der Waals surface area contributed by atoms with Gasteiger partial charge in [-0.3, -0.25) is 9.69 Å². The predicted octanol–water partition coefficient (Wildman–Crippen LogP) is 2.24. The van der Waals surface area contributed by atoms with Gasteiger partial charge in [0, 0.05) is 26.2 Å². The first-order chi connectivity index (χ1) is 9.78. The minimum Gasteiger partial charge on any atom is -0.398 e. The van der Waals surface area contributed by atoms with Crippen molar-refractivity contribution in [2.45, 2.75) is 6.18 Å². The van der Waals surface area contributed by atoms with Crippen molar-refractivity contribution in [3.63, 3.8) is 0 Å². The summed E-state index contributed by atoms with van der Waals surface area (Å²) in [5.41, 5.74) is 6.23. The third-order valence-corrected chi connectivity index (χ3v) is 3.74. The van der Waals surface area contributed by atoms with E-state index in [0.717, 1.165) is 0 Å². The van der Waals surface area contributed by atoms with Crippen LogP contribution in [0.25, 0.3) is 0 Å². The number of carbonyl (C=O) groups excluding carboxylic acids is 1. The zero-order valence-corrected chi connectivity index (χ0v) is 11.9. The van der Waals surface area contributed by atoms with Gasteiger partial charge in [-0.25, -0.2) is 0 Å². The van der Waals surface area contributed by atoms with Crippen LogP contribution in [0.5, 0.6) is 0 Å². The van der Waals surface area contributed by atoms with E-state index in [1.807, 2.05) is 0 Å². The number of benzene rings is 1. The second-order valence-corrected chi connectivity index (χ2v) is 5.27. The van der Waals surface area contributed by atoms with Crippen molar-refractivity contribution in [1.29, 1.82) is 0 Å². The monoisotopic (exact) mass is 321 g/mol. The Hall–Kier alpha value is -1.47. The van der Waals surface area contributed by atoms with Crippen molar-refractivity contribution in [1.82, 2.24) is 9.80 Å². The van der Waals surface area contributed by atoms with E-state index in [2.05, 4.69) is 0 Å². The second-order valence-electron chi connectivity index (χ2n) is 4.89. The third-order valence-electron chi connectivity index (χ3n) is 3.32. The average molecular weight is 322 g/mol. The number of nitrogen functional groups attached to an aromatic ring is 1. The molecule has 4 nitrogen and oxygen atoms in total. The molecule has 0 bridgehead atoms. The van der Waals surface area contributed by atoms with E-state index in [4.69, 9.17) is 17.3 Å². The van der Waals surface area contributed by atoms with E-state index in [9.17, 15) is 18.0 Å². The summed E-state index contributed by atoms with van der Waals surface area (Å²) in [5.74, 6) is -0.307. The SMILES string of the molecule is Nc1cccc(C(=O)N2CCN(CC(F)(F)F)CC2)c1Cl. The smallest absolute Gasteiger partial charge is 0.398 e. The van der Waals surface area contributed by atoms with E-state index >= 15 is 0 Å². The molecule has 0 aliphatic carbocycles. The van der Waals surface area contributed by atoms with Crippen LogP contribution >= 0.6 is 11.6 Å². The molecule has 2 rings (SSSR count). The van der Waals surface area contributed by atoms with Gasteiger partial charge >= 0.3 is 6.18 Å². The normalized spacial score (nSPS) is 17.0. The van der Waals surface area contributed by atoms with Gasteiger partial charge in [-0.1, -0.05) is 17.7 Å². The van der Waals surface area contributed by atoms with Crippen LogP contribution in [0.1, 0.15) is 10.4 Å². The Kier molecular flexibility index (Phi) is 4.63. The summed E-state index contributed by atoms with van der Waals surface area (Å²) in [6.07, 6.45) is -4.22. The predicted molar refractivity (Wildman–Crippen MR) is 74.3 cm³/mol. The zero-order chi connectivity index (χ0) is 15.6. The molecular formula is C13H15ClF3N3O. The molecular weight excluding hydrogens is 307 g/mol. The molecule has 2 N–H and O–H groups in total. The summed E-state index contributed by atoms with van der Waals surface area (Å²) in [7, 11) is 0. The van der Waals surface area contributed by atoms with E-state index < -0.39 is 12.7 Å². The number of nitrogens with two attached hydrogens (primary N) is 1. The fourth-order valence-corrected chi connectivity index (χ4v) is 2.45. The lowest BCUT2D eigenvalue weighted by atomic mass is 10.1. The minimum atomic E-state index is -4.22. The molecule has 0 aromatic heterocycles. The van der Waals surface area contributed by atoms with Crippen LogP contribution in [0, 0.1) is 0 Å². The number of anilines is 1. The number of hydrogen-bond acceptors (Lipinski definition) is 3. The molecule has 21 heavy (non-hydrogen) atoms. The first kappa shape index (κ1) is 15.9. The summed E-state index contributed by atoms with van der Waals surface area (Å²) >= 11 is 5.99. The Morgan fingerprint density at radius 2 is 1.86 bits per heavy atom. The van der Waals surface area contributed by atoms with Crippen molar-refractivity contribution >= 4 is 23.2 Å². The van der Waals surface area contributed by atoms with Crippen molar-refractivity contribution in [2.24, 2.45) is 0 Å². The van der Waals surface area contributed by atoms with Crippen LogP contribution in [0.15, 0.2) is 18.2 Å². The van der Waals surface area contributed by atoms with E-state index in [1.54, 1.807) is 18.2 Å². The number of alkyl halides is 3. The van der Waals surface area contributed by atoms with Crippen LogP contribution in [0.3, 0.4) is 0 Å². The first-order valence-electron chi connectivity index (χ1n) is 6.40. The molecule has 0 radical (unpaired) electrons. The van der Waals surface area contributed by atoms with Crippen LogP contribution in [0.4, 0.5) is 18.9 Å². The maximum Gasteiger partial charge on any atom is 0.401 e. The van der Waals surface area contributed by atoms with Gasteiger partial charge in [0.1, 0.15) is 0 Å². The Morgan fingerprint density at radius 3 is 2.43 bits per heavy atom. The van der Waals surface area contributed by atoms with Crippen LogP contribution in [-0.2, 0) is 0 Å². The summed E-state index contributed by atoms with van der Waals surface area (Å²) < 4.78 is 36.9. The van der Waals surface area contributed by atoms with Crippen LogP contribution < -0.4 is 5.73 Å². The molecule has 8 heteroatoms. The molecule has 0 unspecified atom stereocenters. The van der Waals surface area contributed by atoms with Crippen LogP contribution in [0.2, 0.25) is 5.02 Å². The summed E-state index contributed by atoms with van der Waals surface area (Å²) in [5, 5.41) is 0.181. The molecule has 1 saturated heterocycles. The lowest BCUT2D eigenvalue weighted by molar-refractivity contribution is -0.148. The number of rotatable bonds is 2. The minimum absolute atomic E-state index is 0.181. The molecule has 0 saturated carbocycles. The van der Waals surface area contributed by atoms with Gasteiger partial charge in [0.05, 0.1) is 22.8 Å². The van der Waals surface area contributed by atoms with Gasteiger partial charge in [0.2, 0.25) is 0 Å². The van der Waals surface area contributed by atoms with Gasteiger partial charge < -0.3 is 10.6 Å². The fourth-order valence-electron chi connectivity index (χ4n) is 2.25. The third kappa shape index (κ3) is 4.01. The molecule has 1 fully saturated rings. The molecule has 116 valence electrons. The van der Waals surface area contributed by atoms with Gasteiger partial charge in [-0.05, 0) is 12.1 Å². The van der Waals surface area contributed by atoms with Crippen LogP contribution in [-0.4, -0.2) is 54.6 Å². The number of hydrogen-bond donors (Lipinski definition) is 1. The molecule has 1 heterocycles. The Balaban J connectivity index is 1.99. The van der Waals surface area contributed by atoms with Gasteiger partial charge in [0.25, 0.3) is 5.91 Å². The maximum atomic E-state index is 12.3. The van der Waals surface area contributed by atoms with E-state index in [1.165, 1.54) is 9.80 Å². The molecule has 1 aliphatic rings.